The van der Waals surface area contributed by atoms with Gasteiger partial charge in [-0.1, -0.05) is 36.4 Å². The minimum atomic E-state index is -1.07. The average Bonchev–Trinajstić information content (AvgIpc) is 2.78. The minimum absolute atomic E-state index is 0.154. The molecule has 0 aliphatic carbocycles. The predicted octanol–water partition coefficient (Wildman–Crippen LogP) is 2.40. The monoisotopic (exact) mass is 305 g/mol. The Bertz CT molecular complexity index is 567. The zero-order valence-corrected chi connectivity index (χ0v) is 12.6. The third-order valence-corrected chi connectivity index (χ3v) is 3.38. The van der Waals surface area contributed by atoms with Gasteiger partial charge in [0.2, 0.25) is 0 Å². The maximum atomic E-state index is 12.3. The van der Waals surface area contributed by atoms with Crippen molar-refractivity contribution >= 4 is 12.1 Å². The number of ether oxygens (including phenoxy) is 2. The van der Waals surface area contributed by atoms with E-state index in [1.54, 1.807) is 13.8 Å². The highest BCUT2D eigenvalue weighted by Crippen LogP contribution is 2.29. The van der Waals surface area contributed by atoms with Gasteiger partial charge < -0.3 is 14.6 Å². The molecule has 0 spiro atoms. The molecular weight excluding hydrogens is 286 g/mol. The molecule has 0 unspecified atom stereocenters. The molecule has 1 fully saturated rings. The Balaban J connectivity index is 2.05. The topological polar surface area (TPSA) is 76.1 Å². The van der Waals surface area contributed by atoms with Crippen LogP contribution < -0.4 is 0 Å². The fraction of sp³-hybridized carbons (Fsp3) is 0.375. The van der Waals surface area contributed by atoms with Gasteiger partial charge in [-0.15, -0.1) is 0 Å². The lowest BCUT2D eigenvalue weighted by Gasteiger charge is -2.31. The van der Waals surface area contributed by atoms with Gasteiger partial charge in [0.1, 0.15) is 12.3 Å². The number of carboxylic acid groups (broad SMARTS) is 1. The average molecular weight is 305 g/mol. The van der Waals surface area contributed by atoms with E-state index < -0.39 is 23.8 Å². The van der Waals surface area contributed by atoms with E-state index in [4.69, 9.17) is 14.6 Å². The molecule has 6 nitrogen and oxygen atoms in total. The number of amides is 1. The molecule has 1 atom stereocenters. The van der Waals surface area contributed by atoms with Gasteiger partial charge in [0.15, 0.2) is 0 Å². The number of benzene rings is 1. The van der Waals surface area contributed by atoms with Crippen LogP contribution in [0.2, 0.25) is 0 Å². The first-order valence-corrected chi connectivity index (χ1v) is 6.95. The predicted molar refractivity (Wildman–Crippen MR) is 79.1 cm³/mol. The van der Waals surface area contributed by atoms with Crippen LogP contribution in [0.3, 0.4) is 0 Å². The summed E-state index contributed by atoms with van der Waals surface area (Å²) in [7, 11) is 0. The number of hydrogen-bond acceptors (Lipinski definition) is 4. The highest BCUT2D eigenvalue weighted by atomic mass is 16.6. The number of nitrogens with zero attached hydrogens (tertiary/aromatic N) is 1. The summed E-state index contributed by atoms with van der Waals surface area (Å²) in [6.45, 7) is 3.87. The van der Waals surface area contributed by atoms with E-state index in [2.05, 4.69) is 0 Å². The maximum absolute atomic E-state index is 12.3. The summed E-state index contributed by atoms with van der Waals surface area (Å²) in [6, 6.07) is 8.88. The SMILES string of the molecule is CC1(C)OC[C@@H](/C=C/C(=O)O)N1C(=O)OCc1ccccc1. The second-order valence-electron chi connectivity index (χ2n) is 5.43. The van der Waals surface area contributed by atoms with E-state index >= 15 is 0 Å². The normalized spacial score (nSPS) is 20.3. The molecule has 1 aliphatic rings. The van der Waals surface area contributed by atoms with Crippen molar-refractivity contribution in [3.05, 3.63) is 48.0 Å². The lowest BCUT2D eigenvalue weighted by atomic mass is 10.2. The quantitative estimate of drug-likeness (QED) is 0.864. The van der Waals surface area contributed by atoms with Crippen LogP contribution in [-0.4, -0.2) is 40.4 Å². The first-order chi connectivity index (χ1) is 10.4. The van der Waals surface area contributed by atoms with Gasteiger partial charge >= 0.3 is 12.1 Å². The molecule has 1 heterocycles. The van der Waals surface area contributed by atoms with Gasteiger partial charge in [-0.05, 0) is 19.4 Å². The molecule has 0 aromatic heterocycles. The second-order valence-corrected chi connectivity index (χ2v) is 5.43. The standard InChI is InChI=1S/C16H19NO5/c1-16(2)17(13(11-22-16)8-9-14(18)19)15(20)21-10-12-6-4-3-5-7-12/h3-9,13H,10-11H2,1-2H3,(H,18,19)/b9-8+/t13-/m1/s1. The summed E-state index contributed by atoms with van der Waals surface area (Å²) < 4.78 is 10.9. The highest BCUT2D eigenvalue weighted by molar-refractivity contribution is 5.80. The van der Waals surface area contributed by atoms with E-state index in [0.717, 1.165) is 11.6 Å². The summed E-state index contributed by atoms with van der Waals surface area (Å²) in [6.07, 6.45) is 1.90. The third kappa shape index (κ3) is 3.85. The van der Waals surface area contributed by atoms with Crippen molar-refractivity contribution in [3.63, 3.8) is 0 Å². The van der Waals surface area contributed by atoms with Gasteiger partial charge in [-0.25, -0.2) is 9.59 Å². The van der Waals surface area contributed by atoms with Gasteiger partial charge in [0.25, 0.3) is 0 Å². The van der Waals surface area contributed by atoms with E-state index in [-0.39, 0.29) is 13.2 Å². The number of aliphatic carboxylic acids is 1. The van der Waals surface area contributed by atoms with Crippen molar-refractivity contribution in [3.8, 4) is 0 Å². The zero-order valence-electron chi connectivity index (χ0n) is 12.6. The van der Waals surface area contributed by atoms with Crippen LogP contribution in [0.15, 0.2) is 42.5 Å². The van der Waals surface area contributed by atoms with E-state index in [1.807, 2.05) is 30.3 Å². The Morgan fingerprint density at radius 2 is 2.09 bits per heavy atom. The van der Waals surface area contributed by atoms with Gasteiger partial charge in [-0.2, -0.15) is 0 Å². The number of carbonyl (C=O) groups is 2. The van der Waals surface area contributed by atoms with Crippen molar-refractivity contribution in [2.45, 2.75) is 32.2 Å². The summed E-state index contributed by atoms with van der Waals surface area (Å²) in [5.74, 6) is -1.07. The van der Waals surface area contributed by atoms with Gasteiger partial charge in [-0.3, -0.25) is 4.90 Å². The second kappa shape index (κ2) is 6.62. The molecule has 1 N–H and O–H groups in total. The number of rotatable bonds is 4. The smallest absolute Gasteiger partial charge is 0.412 e. The van der Waals surface area contributed by atoms with Gasteiger partial charge in [0, 0.05) is 6.08 Å². The molecule has 1 aromatic carbocycles. The Hall–Kier alpha value is -2.34. The molecule has 1 aromatic rings. The van der Waals surface area contributed by atoms with Crippen molar-refractivity contribution in [2.24, 2.45) is 0 Å². The Morgan fingerprint density at radius 1 is 1.41 bits per heavy atom. The Morgan fingerprint density at radius 3 is 2.73 bits per heavy atom. The van der Waals surface area contributed by atoms with E-state index in [1.165, 1.54) is 11.0 Å². The molecule has 1 aliphatic heterocycles. The minimum Gasteiger partial charge on any atom is -0.478 e. The molecule has 6 heteroatoms. The maximum Gasteiger partial charge on any atom is 0.412 e. The number of hydrogen-bond donors (Lipinski definition) is 1. The van der Waals surface area contributed by atoms with Crippen molar-refractivity contribution in [2.75, 3.05) is 6.61 Å². The molecule has 0 bridgehead atoms. The summed E-state index contributed by atoms with van der Waals surface area (Å²) in [5.41, 5.74) is 0.0350. The molecule has 1 amide bonds. The number of carbonyl (C=O) groups excluding carboxylic acids is 1. The Kier molecular flexibility index (Phi) is 4.82. The van der Waals surface area contributed by atoms with E-state index in [0.29, 0.717) is 0 Å². The van der Waals surface area contributed by atoms with Crippen molar-refractivity contribution in [1.82, 2.24) is 4.90 Å². The summed E-state index contributed by atoms with van der Waals surface area (Å²) >= 11 is 0. The fourth-order valence-corrected chi connectivity index (χ4v) is 2.31. The largest absolute Gasteiger partial charge is 0.478 e. The lowest BCUT2D eigenvalue weighted by Crippen LogP contribution is -2.47. The van der Waals surface area contributed by atoms with Crippen LogP contribution >= 0.6 is 0 Å². The van der Waals surface area contributed by atoms with E-state index in [9.17, 15) is 9.59 Å². The fourth-order valence-electron chi connectivity index (χ4n) is 2.31. The van der Waals surface area contributed by atoms with Crippen molar-refractivity contribution in [1.29, 1.82) is 0 Å². The molecule has 118 valence electrons. The number of carboxylic acids is 1. The molecule has 0 radical (unpaired) electrons. The molecule has 2 rings (SSSR count). The van der Waals surface area contributed by atoms with Crippen LogP contribution in [-0.2, 0) is 20.9 Å². The van der Waals surface area contributed by atoms with Crippen LogP contribution in [0, 0.1) is 0 Å². The summed E-state index contributed by atoms with van der Waals surface area (Å²) in [5, 5.41) is 8.72. The third-order valence-electron chi connectivity index (χ3n) is 3.38. The molecule has 1 saturated heterocycles. The van der Waals surface area contributed by atoms with Crippen molar-refractivity contribution < 1.29 is 24.2 Å². The van der Waals surface area contributed by atoms with Crippen LogP contribution in [0.25, 0.3) is 0 Å². The molecule has 0 saturated carbocycles. The van der Waals surface area contributed by atoms with Crippen LogP contribution in [0.4, 0.5) is 4.79 Å². The molecular formula is C16H19NO5. The summed E-state index contributed by atoms with van der Waals surface area (Å²) in [4.78, 5) is 24.4. The Labute approximate surface area is 128 Å². The highest BCUT2D eigenvalue weighted by Gasteiger charge is 2.43. The van der Waals surface area contributed by atoms with Crippen LogP contribution in [0.5, 0.6) is 0 Å². The molecule has 22 heavy (non-hydrogen) atoms. The first-order valence-electron chi connectivity index (χ1n) is 6.95. The lowest BCUT2D eigenvalue weighted by molar-refractivity contribution is -0.131. The zero-order chi connectivity index (χ0) is 16.2. The first kappa shape index (κ1) is 16.0. The van der Waals surface area contributed by atoms with Crippen LogP contribution in [0.1, 0.15) is 19.4 Å². The van der Waals surface area contributed by atoms with Gasteiger partial charge in [0.05, 0.1) is 12.6 Å².